The normalized spacial score (nSPS) is 32.9. The molecule has 1 saturated heterocycles. The Bertz CT molecular complexity index is 570. The fourth-order valence-electron chi connectivity index (χ4n) is 3.76. The van der Waals surface area contributed by atoms with E-state index in [2.05, 4.69) is 0 Å². The molecule has 2 fully saturated rings. The van der Waals surface area contributed by atoms with Crippen LogP contribution < -0.4 is 0 Å². The second kappa shape index (κ2) is 6.71. The molecule has 1 aromatic carbocycles. The highest BCUT2D eigenvalue weighted by atomic mass is 16.6. The zero-order valence-corrected chi connectivity index (χ0v) is 13.4. The molecule has 0 spiro atoms. The van der Waals surface area contributed by atoms with Gasteiger partial charge in [-0.25, -0.2) is 0 Å². The Morgan fingerprint density at radius 2 is 1.65 bits per heavy atom. The lowest BCUT2D eigenvalue weighted by atomic mass is 9.85. The van der Waals surface area contributed by atoms with E-state index in [0.717, 1.165) is 24.8 Å². The molecule has 23 heavy (non-hydrogen) atoms. The van der Waals surface area contributed by atoms with Crippen LogP contribution in [0.3, 0.4) is 0 Å². The molecule has 3 rings (SSSR count). The van der Waals surface area contributed by atoms with Crippen LogP contribution in [-0.4, -0.2) is 30.3 Å². The highest BCUT2D eigenvalue weighted by Gasteiger charge is 2.51. The molecule has 0 N–H and O–H groups in total. The summed E-state index contributed by atoms with van der Waals surface area (Å²) in [5.74, 6) is -0.664. The molecular formula is C18H22O5. The zero-order chi connectivity index (χ0) is 16.4. The maximum atomic E-state index is 11.6. The van der Waals surface area contributed by atoms with E-state index in [4.69, 9.17) is 14.2 Å². The topological polar surface area (TPSA) is 61.8 Å². The van der Waals surface area contributed by atoms with E-state index in [1.54, 1.807) is 0 Å². The first-order valence-corrected chi connectivity index (χ1v) is 8.11. The largest absolute Gasteiger partial charge is 0.458 e. The SMILES string of the molecule is CC(=O)O[C@@H]1[C@@H](OC(C)=O)[C@H]2CCC[C@@H]2O[C@H]1c1ccccc1. The Kier molecular flexibility index (Phi) is 4.66. The van der Waals surface area contributed by atoms with Crippen LogP contribution in [0.4, 0.5) is 0 Å². The Labute approximate surface area is 135 Å². The molecule has 1 aliphatic carbocycles. The summed E-state index contributed by atoms with van der Waals surface area (Å²) in [6, 6.07) is 9.66. The summed E-state index contributed by atoms with van der Waals surface area (Å²) in [5.41, 5.74) is 0.932. The van der Waals surface area contributed by atoms with Crippen LogP contribution >= 0.6 is 0 Å². The number of benzene rings is 1. The number of hydrogen-bond donors (Lipinski definition) is 0. The first-order valence-electron chi connectivity index (χ1n) is 8.11. The third-order valence-electron chi connectivity index (χ3n) is 4.60. The van der Waals surface area contributed by atoms with Crippen LogP contribution in [0.2, 0.25) is 0 Å². The summed E-state index contributed by atoms with van der Waals surface area (Å²) in [6.07, 6.45) is 1.45. The monoisotopic (exact) mass is 318 g/mol. The van der Waals surface area contributed by atoms with Gasteiger partial charge in [-0.15, -0.1) is 0 Å². The molecule has 1 aromatic rings. The van der Waals surface area contributed by atoms with E-state index in [9.17, 15) is 9.59 Å². The minimum Gasteiger partial charge on any atom is -0.458 e. The van der Waals surface area contributed by atoms with Gasteiger partial charge in [0.15, 0.2) is 6.10 Å². The van der Waals surface area contributed by atoms with Crippen molar-refractivity contribution in [2.24, 2.45) is 5.92 Å². The molecule has 1 heterocycles. The predicted molar refractivity (Wildman–Crippen MR) is 82.5 cm³/mol. The fourth-order valence-corrected chi connectivity index (χ4v) is 3.76. The summed E-state index contributed by atoms with van der Waals surface area (Å²) in [5, 5.41) is 0. The van der Waals surface area contributed by atoms with Gasteiger partial charge in [-0.3, -0.25) is 9.59 Å². The van der Waals surface area contributed by atoms with Gasteiger partial charge in [0.2, 0.25) is 0 Å². The average molecular weight is 318 g/mol. The van der Waals surface area contributed by atoms with Gasteiger partial charge < -0.3 is 14.2 Å². The second-order valence-electron chi connectivity index (χ2n) is 6.25. The molecule has 0 aromatic heterocycles. The van der Waals surface area contributed by atoms with Crippen molar-refractivity contribution >= 4 is 11.9 Å². The second-order valence-corrected chi connectivity index (χ2v) is 6.25. The van der Waals surface area contributed by atoms with Gasteiger partial charge in [0, 0.05) is 19.8 Å². The van der Waals surface area contributed by atoms with Crippen LogP contribution in [0.15, 0.2) is 30.3 Å². The van der Waals surface area contributed by atoms with E-state index in [-0.39, 0.29) is 18.0 Å². The van der Waals surface area contributed by atoms with Crippen LogP contribution in [0.1, 0.15) is 44.8 Å². The minimum atomic E-state index is -0.613. The Balaban J connectivity index is 1.95. The summed E-state index contributed by atoms with van der Waals surface area (Å²) in [6.45, 7) is 2.76. The summed E-state index contributed by atoms with van der Waals surface area (Å²) in [4.78, 5) is 23.2. The number of ether oxygens (including phenoxy) is 3. The number of hydrogen-bond acceptors (Lipinski definition) is 5. The molecule has 5 nitrogen and oxygen atoms in total. The fraction of sp³-hybridized carbons (Fsp3) is 0.556. The zero-order valence-electron chi connectivity index (χ0n) is 13.4. The summed E-state index contributed by atoms with van der Waals surface area (Å²) >= 11 is 0. The summed E-state index contributed by atoms with van der Waals surface area (Å²) < 4.78 is 17.4. The number of fused-ring (bicyclic) bond motifs is 1. The van der Waals surface area contributed by atoms with Crippen molar-refractivity contribution in [1.29, 1.82) is 0 Å². The minimum absolute atomic E-state index is 0.0383. The molecule has 1 aliphatic heterocycles. The van der Waals surface area contributed by atoms with Crippen LogP contribution in [0, 0.1) is 5.92 Å². The Morgan fingerprint density at radius 1 is 1.00 bits per heavy atom. The van der Waals surface area contributed by atoms with E-state index in [0.29, 0.717) is 0 Å². The molecular weight excluding hydrogens is 296 g/mol. The third-order valence-corrected chi connectivity index (χ3v) is 4.60. The van der Waals surface area contributed by atoms with Gasteiger partial charge in [0.25, 0.3) is 0 Å². The molecule has 0 bridgehead atoms. The van der Waals surface area contributed by atoms with Gasteiger partial charge in [0.1, 0.15) is 12.2 Å². The van der Waals surface area contributed by atoms with Gasteiger partial charge in [-0.1, -0.05) is 36.8 Å². The molecule has 2 aliphatic rings. The molecule has 5 atom stereocenters. The Morgan fingerprint density at radius 3 is 2.30 bits per heavy atom. The van der Waals surface area contributed by atoms with Gasteiger partial charge in [0.05, 0.1) is 6.10 Å². The predicted octanol–water partition coefficient (Wildman–Crippen LogP) is 2.79. The smallest absolute Gasteiger partial charge is 0.303 e. The molecule has 0 unspecified atom stereocenters. The van der Waals surface area contributed by atoms with Crippen molar-refractivity contribution in [3.8, 4) is 0 Å². The van der Waals surface area contributed by atoms with Crippen molar-refractivity contribution in [3.05, 3.63) is 35.9 Å². The number of esters is 2. The maximum Gasteiger partial charge on any atom is 0.303 e. The first-order chi connectivity index (χ1) is 11.1. The van der Waals surface area contributed by atoms with Gasteiger partial charge in [-0.2, -0.15) is 0 Å². The lowest BCUT2D eigenvalue weighted by Crippen LogP contribution is -2.52. The summed E-state index contributed by atoms with van der Waals surface area (Å²) in [7, 11) is 0. The number of rotatable bonds is 3. The van der Waals surface area contributed by atoms with Crippen molar-refractivity contribution in [2.45, 2.75) is 57.5 Å². The van der Waals surface area contributed by atoms with Crippen molar-refractivity contribution in [1.82, 2.24) is 0 Å². The van der Waals surface area contributed by atoms with Gasteiger partial charge >= 0.3 is 11.9 Å². The van der Waals surface area contributed by atoms with Crippen LogP contribution in [-0.2, 0) is 23.8 Å². The van der Waals surface area contributed by atoms with Crippen LogP contribution in [0.5, 0.6) is 0 Å². The lowest BCUT2D eigenvalue weighted by Gasteiger charge is -2.43. The van der Waals surface area contributed by atoms with E-state index in [1.807, 2.05) is 30.3 Å². The lowest BCUT2D eigenvalue weighted by molar-refractivity contribution is -0.222. The standard InChI is InChI=1S/C18H22O5/c1-11(19)21-17-14-9-6-10-15(14)23-16(18(17)22-12(2)20)13-7-4-3-5-8-13/h3-5,7-8,14-18H,6,9-10H2,1-2H3/t14-,15-,16-,17-,18-/m0/s1. The quantitative estimate of drug-likeness (QED) is 0.802. The van der Waals surface area contributed by atoms with Crippen molar-refractivity contribution < 1.29 is 23.8 Å². The van der Waals surface area contributed by atoms with E-state index in [1.165, 1.54) is 13.8 Å². The molecule has 5 heteroatoms. The van der Waals surface area contributed by atoms with Gasteiger partial charge in [-0.05, 0) is 18.4 Å². The van der Waals surface area contributed by atoms with E-state index < -0.39 is 24.3 Å². The van der Waals surface area contributed by atoms with Crippen molar-refractivity contribution in [3.63, 3.8) is 0 Å². The third kappa shape index (κ3) is 3.39. The maximum absolute atomic E-state index is 11.6. The highest BCUT2D eigenvalue weighted by molar-refractivity contribution is 5.67. The highest BCUT2D eigenvalue weighted by Crippen LogP contribution is 2.45. The first kappa shape index (κ1) is 16.0. The number of carbonyl (C=O) groups is 2. The molecule has 0 amide bonds. The molecule has 0 radical (unpaired) electrons. The van der Waals surface area contributed by atoms with Crippen molar-refractivity contribution in [2.75, 3.05) is 0 Å². The van der Waals surface area contributed by atoms with Crippen LogP contribution in [0.25, 0.3) is 0 Å². The Hall–Kier alpha value is -1.88. The van der Waals surface area contributed by atoms with E-state index >= 15 is 0 Å². The average Bonchev–Trinajstić information content (AvgIpc) is 2.97. The number of carbonyl (C=O) groups excluding carboxylic acids is 2. The molecule has 124 valence electrons. The molecule has 1 saturated carbocycles.